The van der Waals surface area contributed by atoms with E-state index in [1.165, 1.54) is 0 Å². The second-order valence-electron chi connectivity index (χ2n) is 4.68. The molecule has 0 radical (unpaired) electrons. The van der Waals surface area contributed by atoms with Crippen LogP contribution in [0.4, 0.5) is 23.2 Å². The molecule has 1 N–H and O–H groups in total. The minimum absolute atomic E-state index is 0.127. The van der Waals surface area contributed by atoms with Crippen molar-refractivity contribution in [1.82, 2.24) is 0 Å². The average Bonchev–Trinajstić information content (AvgIpc) is 2.61. The van der Waals surface area contributed by atoms with Gasteiger partial charge in [-0.2, -0.15) is 0 Å². The first kappa shape index (κ1) is 13.2. The van der Waals surface area contributed by atoms with Gasteiger partial charge >= 0.3 is 0 Å². The second-order valence-corrected chi connectivity index (χ2v) is 4.68. The van der Waals surface area contributed by atoms with E-state index in [0.29, 0.717) is 0 Å². The first-order valence-corrected chi connectivity index (χ1v) is 6.19. The maximum Gasteiger partial charge on any atom is 0.185 e. The van der Waals surface area contributed by atoms with E-state index in [2.05, 4.69) is 5.32 Å². The van der Waals surface area contributed by atoms with Gasteiger partial charge in [0, 0.05) is 12.1 Å². The normalized spacial score (nSPS) is 17.6. The largest absolute Gasteiger partial charge is 0.377 e. The Labute approximate surface area is 103 Å². The molecule has 0 bridgehead atoms. The molecule has 0 aromatic heterocycles. The third-order valence-corrected chi connectivity index (χ3v) is 3.32. The van der Waals surface area contributed by atoms with E-state index in [1.807, 2.05) is 0 Å². The van der Waals surface area contributed by atoms with E-state index in [4.69, 9.17) is 0 Å². The topological polar surface area (TPSA) is 12.0 Å². The monoisotopic (exact) mass is 261 g/mol. The summed E-state index contributed by atoms with van der Waals surface area (Å²) in [6.45, 7) is 0. The molecule has 2 rings (SSSR count). The van der Waals surface area contributed by atoms with E-state index < -0.39 is 29.0 Å². The number of rotatable bonds is 2. The van der Waals surface area contributed by atoms with Crippen LogP contribution in [0.1, 0.15) is 38.5 Å². The van der Waals surface area contributed by atoms with Crippen LogP contribution >= 0.6 is 0 Å². The standard InChI is InChI=1S/C13H15F4N/c14-9-7-10(15)12(17)13(11(9)16)18-8-5-3-1-2-4-6-8/h7-8,18H,1-6H2. The maximum absolute atomic E-state index is 13.5. The Morgan fingerprint density at radius 3 is 1.83 bits per heavy atom. The zero-order chi connectivity index (χ0) is 13.1. The predicted octanol–water partition coefficient (Wildman–Crippen LogP) is 4.38. The van der Waals surface area contributed by atoms with E-state index in [-0.39, 0.29) is 12.1 Å². The molecule has 1 aliphatic rings. The third-order valence-electron chi connectivity index (χ3n) is 3.32. The van der Waals surface area contributed by atoms with Crippen molar-refractivity contribution in [1.29, 1.82) is 0 Å². The summed E-state index contributed by atoms with van der Waals surface area (Å²) < 4.78 is 53.0. The summed E-state index contributed by atoms with van der Waals surface area (Å²) in [7, 11) is 0. The smallest absolute Gasteiger partial charge is 0.185 e. The third kappa shape index (κ3) is 2.76. The number of hydrogen-bond acceptors (Lipinski definition) is 1. The summed E-state index contributed by atoms with van der Waals surface area (Å²) in [4.78, 5) is 0. The first-order chi connectivity index (χ1) is 8.59. The van der Waals surface area contributed by atoms with Gasteiger partial charge in [0.2, 0.25) is 0 Å². The molecule has 1 aromatic carbocycles. The molecular weight excluding hydrogens is 246 g/mol. The van der Waals surface area contributed by atoms with Crippen LogP contribution in [0, 0.1) is 23.3 Å². The fraction of sp³-hybridized carbons (Fsp3) is 0.538. The van der Waals surface area contributed by atoms with Crippen LogP contribution in [0.15, 0.2) is 6.07 Å². The van der Waals surface area contributed by atoms with Crippen LogP contribution in [-0.2, 0) is 0 Å². The summed E-state index contributed by atoms with van der Waals surface area (Å²) >= 11 is 0. The van der Waals surface area contributed by atoms with Crippen molar-refractivity contribution in [2.24, 2.45) is 0 Å². The molecule has 0 amide bonds. The van der Waals surface area contributed by atoms with Crippen LogP contribution in [0.3, 0.4) is 0 Å². The number of benzene rings is 1. The molecule has 5 heteroatoms. The summed E-state index contributed by atoms with van der Waals surface area (Å²) in [5.41, 5.74) is -0.681. The van der Waals surface area contributed by atoms with E-state index >= 15 is 0 Å². The molecule has 0 unspecified atom stereocenters. The SMILES string of the molecule is Fc1cc(F)c(F)c(NC2CCCCCC2)c1F. The zero-order valence-electron chi connectivity index (χ0n) is 9.91. The van der Waals surface area contributed by atoms with Gasteiger partial charge in [-0.1, -0.05) is 25.7 Å². The lowest BCUT2D eigenvalue weighted by Gasteiger charge is -2.18. The van der Waals surface area contributed by atoms with Gasteiger partial charge in [-0.25, -0.2) is 17.6 Å². The Bertz CT molecular complexity index is 399. The summed E-state index contributed by atoms with van der Waals surface area (Å²) in [6.07, 6.45) is 5.60. The lowest BCUT2D eigenvalue weighted by molar-refractivity contribution is 0.454. The number of halogens is 4. The molecule has 18 heavy (non-hydrogen) atoms. The van der Waals surface area contributed by atoms with Crippen molar-refractivity contribution >= 4 is 5.69 Å². The van der Waals surface area contributed by atoms with Crippen LogP contribution in [0.2, 0.25) is 0 Å². The Hall–Kier alpha value is -1.26. The molecule has 0 spiro atoms. The highest BCUT2D eigenvalue weighted by atomic mass is 19.2. The van der Waals surface area contributed by atoms with Crippen molar-refractivity contribution in [2.75, 3.05) is 5.32 Å². The van der Waals surface area contributed by atoms with Gasteiger partial charge in [0.05, 0.1) is 0 Å². The Balaban J connectivity index is 2.22. The van der Waals surface area contributed by atoms with Crippen LogP contribution in [0.5, 0.6) is 0 Å². The molecule has 1 aromatic rings. The number of nitrogens with one attached hydrogen (secondary N) is 1. The van der Waals surface area contributed by atoms with Crippen LogP contribution in [0.25, 0.3) is 0 Å². The van der Waals surface area contributed by atoms with Gasteiger partial charge in [-0.05, 0) is 12.8 Å². The second kappa shape index (κ2) is 5.59. The molecular formula is C13H15F4N. The molecule has 1 fully saturated rings. The molecule has 1 nitrogen and oxygen atoms in total. The fourth-order valence-corrected chi connectivity index (χ4v) is 2.33. The number of anilines is 1. The molecule has 0 atom stereocenters. The van der Waals surface area contributed by atoms with Gasteiger partial charge in [-0.15, -0.1) is 0 Å². The van der Waals surface area contributed by atoms with Crippen LogP contribution in [-0.4, -0.2) is 6.04 Å². The highest BCUT2D eigenvalue weighted by molar-refractivity contribution is 5.48. The quantitative estimate of drug-likeness (QED) is 0.473. The summed E-state index contributed by atoms with van der Waals surface area (Å²) in [5.74, 6) is -5.44. The average molecular weight is 261 g/mol. The fourth-order valence-electron chi connectivity index (χ4n) is 2.33. The molecule has 100 valence electrons. The van der Waals surface area contributed by atoms with Gasteiger partial charge in [0.15, 0.2) is 23.3 Å². The summed E-state index contributed by atoms with van der Waals surface area (Å²) in [5, 5.41) is 2.61. The van der Waals surface area contributed by atoms with E-state index in [0.717, 1.165) is 38.5 Å². The van der Waals surface area contributed by atoms with Gasteiger partial charge in [0.25, 0.3) is 0 Å². The van der Waals surface area contributed by atoms with E-state index in [1.54, 1.807) is 0 Å². The lowest BCUT2D eigenvalue weighted by atomic mass is 10.1. The predicted molar refractivity (Wildman–Crippen MR) is 61.4 cm³/mol. The minimum atomic E-state index is -1.37. The highest BCUT2D eigenvalue weighted by Crippen LogP contribution is 2.27. The molecule has 1 aliphatic carbocycles. The van der Waals surface area contributed by atoms with Crippen molar-refractivity contribution in [2.45, 2.75) is 44.6 Å². The van der Waals surface area contributed by atoms with Gasteiger partial charge in [0.1, 0.15) is 5.69 Å². The molecule has 1 saturated carbocycles. The maximum atomic E-state index is 13.5. The Morgan fingerprint density at radius 2 is 1.33 bits per heavy atom. The molecule has 0 saturated heterocycles. The van der Waals surface area contributed by atoms with Crippen molar-refractivity contribution in [3.63, 3.8) is 0 Å². The van der Waals surface area contributed by atoms with E-state index in [9.17, 15) is 17.6 Å². The molecule has 0 aliphatic heterocycles. The Kier molecular flexibility index (Phi) is 4.09. The van der Waals surface area contributed by atoms with Crippen LogP contribution < -0.4 is 5.32 Å². The summed E-state index contributed by atoms with van der Waals surface area (Å²) in [6, 6.07) is 0.0980. The van der Waals surface area contributed by atoms with Crippen molar-refractivity contribution in [3.8, 4) is 0 Å². The number of hydrogen-bond donors (Lipinski definition) is 1. The molecule has 0 heterocycles. The highest BCUT2D eigenvalue weighted by Gasteiger charge is 2.22. The van der Waals surface area contributed by atoms with Crippen molar-refractivity contribution < 1.29 is 17.6 Å². The lowest BCUT2D eigenvalue weighted by Crippen LogP contribution is -2.21. The zero-order valence-corrected chi connectivity index (χ0v) is 9.91. The van der Waals surface area contributed by atoms with Crippen molar-refractivity contribution in [3.05, 3.63) is 29.3 Å². The van der Waals surface area contributed by atoms with Gasteiger partial charge in [-0.3, -0.25) is 0 Å². The Morgan fingerprint density at radius 1 is 0.833 bits per heavy atom. The first-order valence-electron chi connectivity index (χ1n) is 6.19. The minimum Gasteiger partial charge on any atom is -0.377 e. The van der Waals surface area contributed by atoms with Gasteiger partial charge < -0.3 is 5.32 Å².